The number of hydrogen-bond donors (Lipinski definition) is 0. The molecule has 0 bridgehead atoms. The summed E-state index contributed by atoms with van der Waals surface area (Å²) in [6.45, 7) is 5.60. The summed E-state index contributed by atoms with van der Waals surface area (Å²) in [6, 6.07) is 22.9. The van der Waals surface area contributed by atoms with E-state index in [2.05, 4.69) is 24.3 Å². The Morgan fingerprint density at radius 1 is 0.917 bits per heavy atom. The maximum Gasteiger partial charge on any atom is 0.410 e. The van der Waals surface area contributed by atoms with Gasteiger partial charge in [-0.1, -0.05) is 60.7 Å². The van der Waals surface area contributed by atoms with Gasteiger partial charge in [-0.3, -0.25) is 4.90 Å². The van der Waals surface area contributed by atoms with Crippen molar-refractivity contribution in [2.45, 2.75) is 44.8 Å². The van der Waals surface area contributed by atoms with Crippen molar-refractivity contribution in [1.29, 1.82) is 0 Å². The van der Waals surface area contributed by atoms with Gasteiger partial charge in [0.2, 0.25) is 0 Å². The van der Waals surface area contributed by atoms with Gasteiger partial charge >= 0.3 is 12.1 Å². The maximum atomic E-state index is 13.2. The summed E-state index contributed by atoms with van der Waals surface area (Å²) in [5, 5.41) is 0. The predicted octanol–water partition coefficient (Wildman–Crippen LogP) is 5.83. The van der Waals surface area contributed by atoms with E-state index in [1.165, 1.54) is 4.90 Å². The highest BCUT2D eigenvalue weighted by Crippen LogP contribution is 2.44. The number of carbonyl (C=O) groups is 2. The lowest BCUT2D eigenvalue weighted by Gasteiger charge is -2.30. The van der Waals surface area contributed by atoms with E-state index in [4.69, 9.17) is 14.2 Å². The fourth-order valence-electron chi connectivity index (χ4n) is 4.59. The Morgan fingerprint density at radius 3 is 2.11 bits per heavy atom. The third kappa shape index (κ3) is 5.54. The molecular formula is C30H33NO5. The van der Waals surface area contributed by atoms with Crippen molar-refractivity contribution in [2.75, 3.05) is 20.8 Å². The van der Waals surface area contributed by atoms with Gasteiger partial charge in [-0.25, -0.2) is 9.59 Å². The zero-order chi connectivity index (χ0) is 25.9. The molecule has 0 spiro atoms. The minimum atomic E-state index is -0.855. The highest BCUT2D eigenvalue weighted by molar-refractivity contribution is 5.82. The summed E-state index contributed by atoms with van der Waals surface area (Å²) in [7, 11) is 3.17. The van der Waals surface area contributed by atoms with E-state index in [9.17, 15) is 9.59 Å². The lowest BCUT2D eigenvalue weighted by Crippen LogP contribution is -2.47. The first-order chi connectivity index (χ1) is 17.2. The number of esters is 1. The Kier molecular flexibility index (Phi) is 7.34. The van der Waals surface area contributed by atoms with Crippen LogP contribution in [0.4, 0.5) is 4.79 Å². The molecule has 0 heterocycles. The molecule has 1 atom stereocenters. The van der Waals surface area contributed by atoms with Gasteiger partial charge in [-0.2, -0.15) is 0 Å². The van der Waals surface area contributed by atoms with Gasteiger partial charge in [0.1, 0.15) is 24.0 Å². The van der Waals surface area contributed by atoms with Crippen molar-refractivity contribution >= 4 is 12.1 Å². The van der Waals surface area contributed by atoms with Crippen LogP contribution >= 0.6 is 0 Å². The van der Waals surface area contributed by atoms with Crippen molar-refractivity contribution < 1.29 is 23.8 Å². The fraction of sp³-hybridized carbons (Fsp3) is 0.333. The van der Waals surface area contributed by atoms with E-state index in [1.54, 1.807) is 34.9 Å². The van der Waals surface area contributed by atoms with E-state index in [1.807, 2.05) is 48.5 Å². The Labute approximate surface area is 212 Å². The molecule has 3 aromatic carbocycles. The molecule has 3 aromatic rings. The molecule has 0 N–H and O–H groups in total. The quantitative estimate of drug-likeness (QED) is 0.393. The molecule has 6 heteroatoms. The largest absolute Gasteiger partial charge is 0.497 e. The molecule has 6 nitrogen and oxygen atoms in total. The summed E-state index contributed by atoms with van der Waals surface area (Å²) in [5.41, 5.74) is 4.75. The second-order valence-electron chi connectivity index (χ2n) is 10.0. The van der Waals surface area contributed by atoms with Crippen LogP contribution in [0.2, 0.25) is 0 Å². The third-order valence-corrected chi connectivity index (χ3v) is 6.33. The average Bonchev–Trinajstić information content (AvgIpc) is 3.18. The third-order valence-electron chi connectivity index (χ3n) is 6.33. The number of amides is 1. The van der Waals surface area contributed by atoms with Gasteiger partial charge in [0, 0.05) is 19.4 Å². The summed E-state index contributed by atoms with van der Waals surface area (Å²) in [6.07, 6.45) is -0.303. The number of carbonyl (C=O) groups excluding carboxylic acids is 2. The Bertz CT molecular complexity index is 1200. The highest BCUT2D eigenvalue weighted by atomic mass is 16.6. The minimum absolute atomic E-state index is 0.0619. The number of nitrogens with zero attached hydrogens (tertiary/aromatic N) is 1. The normalized spacial score (nSPS) is 13.4. The molecule has 4 rings (SSSR count). The summed E-state index contributed by atoms with van der Waals surface area (Å²) in [4.78, 5) is 27.7. The zero-order valence-corrected chi connectivity index (χ0v) is 21.5. The first kappa shape index (κ1) is 25.3. The summed E-state index contributed by atoms with van der Waals surface area (Å²) < 4.78 is 16.8. The molecule has 1 amide bonds. The number of benzene rings is 3. The number of rotatable bonds is 7. The summed E-state index contributed by atoms with van der Waals surface area (Å²) in [5.74, 6) is 0.133. The number of likely N-dealkylation sites (N-methyl/N-ethyl adjacent to an activating group) is 1. The van der Waals surface area contributed by atoms with Crippen LogP contribution in [-0.4, -0.2) is 49.4 Å². The molecule has 0 fully saturated rings. The zero-order valence-electron chi connectivity index (χ0n) is 21.5. The Morgan fingerprint density at radius 2 is 1.53 bits per heavy atom. The Hall–Kier alpha value is -3.80. The van der Waals surface area contributed by atoms with Crippen LogP contribution in [0.15, 0.2) is 72.8 Å². The van der Waals surface area contributed by atoms with Crippen LogP contribution in [0.5, 0.6) is 5.75 Å². The minimum Gasteiger partial charge on any atom is -0.497 e. The van der Waals surface area contributed by atoms with Gasteiger partial charge in [-0.05, 0) is 60.7 Å². The highest BCUT2D eigenvalue weighted by Gasteiger charge is 2.34. The molecule has 0 saturated carbocycles. The molecule has 0 aromatic heterocycles. The van der Waals surface area contributed by atoms with Crippen molar-refractivity contribution in [3.05, 3.63) is 89.5 Å². The SMILES string of the molecule is COc1cccc(CC(C(=O)OC(C)(C)C)N(C)C(=O)OCC2c3ccccc3-c3ccccc32)c1. The van der Waals surface area contributed by atoms with E-state index in [0.717, 1.165) is 27.8 Å². The smallest absolute Gasteiger partial charge is 0.410 e. The van der Waals surface area contributed by atoms with Gasteiger partial charge in [0.15, 0.2) is 0 Å². The molecule has 0 aliphatic heterocycles. The van der Waals surface area contributed by atoms with E-state index in [0.29, 0.717) is 5.75 Å². The monoisotopic (exact) mass is 487 g/mol. The van der Waals surface area contributed by atoms with Crippen LogP contribution in [0.25, 0.3) is 11.1 Å². The Balaban J connectivity index is 1.52. The molecule has 1 aliphatic rings. The fourth-order valence-corrected chi connectivity index (χ4v) is 4.59. The standard InChI is InChI=1S/C30H33NO5/c1-30(2,3)36-28(32)27(18-20-11-10-12-21(17-20)34-5)31(4)29(33)35-19-26-24-15-8-6-13-22(24)23-14-7-9-16-25(23)26/h6-17,26-27H,18-19H2,1-5H3. The van der Waals surface area contributed by atoms with Gasteiger partial charge in [-0.15, -0.1) is 0 Å². The molecule has 188 valence electrons. The second-order valence-corrected chi connectivity index (χ2v) is 10.0. The average molecular weight is 488 g/mol. The predicted molar refractivity (Wildman–Crippen MR) is 139 cm³/mol. The van der Waals surface area contributed by atoms with Crippen LogP contribution in [-0.2, 0) is 20.7 Å². The summed E-state index contributed by atoms with van der Waals surface area (Å²) >= 11 is 0. The molecular weight excluding hydrogens is 454 g/mol. The molecule has 36 heavy (non-hydrogen) atoms. The van der Waals surface area contributed by atoms with Gasteiger partial charge < -0.3 is 14.2 Å². The molecule has 0 radical (unpaired) electrons. The van der Waals surface area contributed by atoms with Gasteiger partial charge in [0.25, 0.3) is 0 Å². The lowest BCUT2D eigenvalue weighted by atomic mass is 9.98. The van der Waals surface area contributed by atoms with E-state index < -0.39 is 23.7 Å². The maximum absolute atomic E-state index is 13.2. The van der Waals surface area contributed by atoms with E-state index >= 15 is 0 Å². The molecule has 1 aliphatic carbocycles. The topological polar surface area (TPSA) is 65.1 Å². The van der Waals surface area contributed by atoms with Crippen LogP contribution in [0.3, 0.4) is 0 Å². The van der Waals surface area contributed by atoms with Crippen molar-refractivity contribution in [1.82, 2.24) is 4.90 Å². The number of hydrogen-bond acceptors (Lipinski definition) is 5. The van der Waals surface area contributed by atoms with E-state index in [-0.39, 0.29) is 18.9 Å². The van der Waals surface area contributed by atoms with Crippen molar-refractivity contribution in [3.63, 3.8) is 0 Å². The lowest BCUT2D eigenvalue weighted by molar-refractivity contribution is -0.160. The molecule has 0 saturated heterocycles. The first-order valence-corrected chi connectivity index (χ1v) is 12.1. The second kappa shape index (κ2) is 10.4. The van der Waals surface area contributed by atoms with Crippen molar-refractivity contribution in [2.24, 2.45) is 0 Å². The number of ether oxygens (including phenoxy) is 3. The van der Waals surface area contributed by atoms with Crippen LogP contribution < -0.4 is 4.74 Å². The van der Waals surface area contributed by atoms with Crippen molar-refractivity contribution in [3.8, 4) is 16.9 Å². The number of fused-ring (bicyclic) bond motifs is 3. The van der Waals surface area contributed by atoms with Crippen LogP contribution in [0.1, 0.15) is 43.4 Å². The first-order valence-electron chi connectivity index (χ1n) is 12.1. The number of methoxy groups -OCH3 is 1. The van der Waals surface area contributed by atoms with Crippen LogP contribution in [0, 0.1) is 0 Å². The van der Waals surface area contributed by atoms with Gasteiger partial charge in [0.05, 0.1) is 7.11 Å². The molecule has 1 unspecified atom stereocenters.